The van der Waals surface area contributed by atoms with Gasteiger partial charge in [-0.05, 0) is 59.8 Å². The van der Waals surface area contributed by atoms with E-state index < -0.39 is 33.1 Å². The molecule has 2 aliphatic carbocycles. The van der Waals surface area contributed by atoms with E-state index in [0.29, 0.717) is 62.7 Å². The van der Waals surface area contributed by atoms with Crippen molar-refractivity contribution in [3.05, 3.63) is 87.6 Å². The zero-order valence-electron chi connectivity index (χ0n) is 21.9. The highest BCUT2D eigenvalue weighted by molar-refractivity contribution is 9.11. The van der Waals surface area contributed by atoms with E-state index in [-0.39, 0.29) is 48.9 Å². The Morgan fingerprint density at radius 3 is 2.12 bits per heavy atom. The van der Waals surface area contributed by atoms with Crippen LogP contribution in [-0.2, 0) is 14.4 Å². The molecule has 0 amide bonds. The number of nitro groups is 2. The van der Waals surface area contributed by atoms with Gasteiger partial charge in [-0.15, -0.1) is 0 Å². The molecule has 0 unspecified atom stereocenters. The zero-order chi connectivity index (χ0) is 30.3. The van der Waals surface area contributed by atoms with Gasteiger partial charge >= 0.3 is 11.7 Å². The van der Waals surface area contributed by atoms with E-state index in [2.05, 4.69) is 31.9 Å². The molecule has 218 valence electrons. The number of carboxylic acids is 1. The smallest absolute Gasteiger partial charge is 0.318 e. The van der Waals surface area contributed by atoms with Gasteiger partial charge in [-0.1, -0.05) is 15.9 Å². The summed E-state index contributed by atoms with van der Waals surface area (Å²) < 4.78 is 7.07. The fourth-order valence-corrected chi connectivity index (χ4v) is 7.20. The van der Waals surface area contributed by atoms with E-state index >= 15 is 0 Å². The molecule has 2 aromatic rings. The van der Waals surface area contributed by atoms with Crippen LogP contribution in [0.2, 0.25) is 0 Å². The number of nitrogens with zero attached hydrogens (tertiary/aromatic N) is 3. The number of non-ortho nitro benzene ring substituents is 1. The van der Waals surface area contributed by atoms with E-state index in [1.54, 1.807) is 12.1 Å². The summed E-state index contributed by atoms with van der Waals surface area (Å²) in [5.41, 5.74) is 1.40. The Labute approximate surface area is 255 Å². The average Bonchev–Trinajstić information content (AvgIpc) is 2.92. The molecule has 14 heteroatoms. The Morgan fingerprint density at radius 1 is 0.952 bits per heavy atom. The Morgan fingerprint density at radius 2 is 1.57 bits per heavy atom. The first-order chi connectivity index (χ1) is 20.0. The molecule has 0 spiro atoms. The van der Waals surface area contributed by atoms with Crippen molar-refractivity contribution >= 4 is 60.8 Å². The van der Waals surface area contributed by atoms with Gasteiger partial charge in [-0.25, -0.2) is 0 Å². The second-order valence-corrected chi connectivity index (χ2v) is 11.8. The molecule has 0 atom stereocenters. The molecule has 3 aliphatic rings. The van der Waals surface area contributed by atoms with Crippen molar-refractivity contribution in [3.8, 4) is 11.5 Å². The van der Waals surface area contributed by atoms with Gasteiger partial charge in [0.2, 0.25) is 5.75 Å². The lowest BCUT2D eigenvalue weighted by molar-refractivity contribution is -0.394. The third kappa shape index (κ3) is 5.48. The van der Waals surface area contributed by atoms with Crippen molar-refractivity contribution < 1.29 is 34.1 Å². The molecular weight excluding hydrogens is 682 g/mol. The van der Waals surface area contributed by atoms with Crippen LogP contribution in [-0.4, -0.2) is 43.9 Å². The highest BCUT2D eigenvalue weighted by atomic mass is 79.9. The average molecular weight is 705 g/mol. The van der Waals surface area contributed by atoms with Crippen LogP contribution in [0.1, 0.15) is 56.4 Å². The maximum absolute atomic E-state index is 13.6. The van der Waals surface area contributed by atoms with Gasteiger partial charge in [-0.3, -0.25) is 34.6 Å². The van der Waals surface area contributed by atoms with Crippen LogP contribution in [0.3, 0.4) is 0 Å². The number of carbonyl (C=O) groups is 3. The molecule has 2 aromatic carbocycles. The van der Waals surface area contributed by atoms with Gasteiger partial charge in [-0.2, -0.15) is 0 Å². The molecule has 12 nitrogen and oxygen atoms in total. The van der Waals surface area contributed by atoms with Crippen molar-refractivity contribution in [1.29, 1.82) is 0 Å². The molecule has 0 saturated heterocycles. The number of hydrogen-bond donors (Lipinski definition) is 1. The number of allylic oxidation sites excluding steroid dienone is 4. The first-order valence-electron chi connectivity index (χ1n) is 13.1. The molecule has 0 fully saturated rings. The molecule has 1 aliphatic heterocycles. The van der Waals surface area contributed by atoms with E-state index in [1.165, 1.54) is 0 Å². The minimum absolute atomic E-state index is 0.106. The highest BCUT2D eigenvalue weighted by Gasteiger charge is 2.44. The van der Waals surface area contributed by atoms with Crippen molar-refractivity contribution in [2.45, 2.75) is 50.9 Å². The number of carboxylic acid groups (broad SMARTS) is 1. The number of halogens is 2. The van der Waals surface area contributed by atoms with Crippen molar-refractivity contribution in [3.63, 3.8) is 0 Å². The molecular formula is C28H23Br2N3O9. The molecule has 0 saturated carbocycles. The van der Waals surface area contributed by atoms with Gasteiger partial charge in [0.05, 0.1) is 26.8 Å². The summed E-state index contributed by atoms with van der Waals surface area (Å²) in [5.74, 6) is -2.36. The second-order valence-electron chi connectivity index (χ2n) is 10.1. The van der Waals surface area contributed by atoms with Crippen LogP contribution >= 0.6 is 31.9 Å². The zero-order valence-corrected chi connectivity index (χ0v) is 25.1. The first-order valence-corrected chi connectivity index (χ1v) is 14.7. The number of Topliss-reactive ketones (excluding diaryl/α,β-unsaturated/α-hetero) is 2. The third-order valence-electron chi connectivity index (χ3n) is 7.55. The Kier molecular flexibility index (Phi) is 8.28. The Balaban J connectivity index is 1.74. The number of rotatable bonds is 8. The van der Waals surface area contributed by atoms with Gasteiger partial charge in [0.25, 0.3) is 5.69 Å². The van der Waals surface area contributed by atoms with Gasteiger partial charge in [0.1, 0.15) is 5.75 Å². The molecule has 0 radical (unpaired) electrons. The molecule has 0 bridgehead atoms. The summed E-state index contributed by atoms with van der Waals surface area (Å²) in [5, 5.41) is 32.5. The van der Waals surface area contributed by atoms with E-state index in [0.717, 1.165) is 18.2 Å². The van der Waals surface area contributed by atoms with E-state index in [9.17, 15) is 39.7 Å². The SMILES string of the molecule is O=C(O)CCN1C2=C(C(=O)CCC2)C(c2cc(Br)cc(Br)c2Oc2ccc([N+](=O)[O-])cc2[N+](=O)[O-])C2=C1CCCC2=O. The standard InChI is InChI=1S/C28H23Br2N3O9/c29-14-11-16(28(17(30)12-14)42-23-8-7-15(32(38)39)13-20(23)33(40)41)25-26-18(3-1-5-21(26)34)31(10-9-24(36)37)19-4-2-6-22(35)27(19)25/h7-8,11-13,25H,1-6,9-10H2,(H,36,37). The topological polar surface area (TPSA) is 170 Å². The van der Waals surface area contributed by atoms with Crippen molar-refractivity contribution in [2.24, 2.45) is 0 Å². The third-order valence-corrected chi connectivity index (χ3v) is 8.59. The maximum Gasteiger partial charge on any atom is 0.318 e. The predicted octanol–water partition coefficient (Wildman–Crippen LogP) is 6.71. The van der Waals surface area contributed by atoms with Crippen LogP contribution in [0.4, 0.5) is 11.4 Å². The lowest BCUT2D eigenvalue weighted by Gasteiger charge is -2.44. The summed E-state index contributed by atoms with van der Waals surface area (Å²) in [4.78, 5) is 62.1. The minimum atomic E-state index is -0.998. The maximum atomic E-state index is 13.6. The highest BCUT2D eigenvalue weighted by Crippen LogP contribution is 2.53. The van der Waals surface area contributed by atoms with Gasteiger partial charge in [0.15, 0.2) is 11.6 Å². The van der Waals surface area contributed by atoms with Crippen molar-refractivity contribution in [2.75, 3.05) is 6.54 Å². The fourth-order valence-electron chi connectivity index (χ4n) is 5.87. The summed E-state index contributed by atoms with van der Waals surface area (Å²) >= 11 is 6.94. The number of carbonyl (C=O) groups excluding carboxylic acids is 2. The normalized spacial score (nSPS) is 17.2. The second kappa shape index (κ2) is 11.8. The van der Waals surface area contributed by atoms with Crippen molar-refractivity contribution in [1.82, 2.24) is 4.90 Å². The lowest BCUT2D eigenvalue weighted by Crippen LogP contribution is -2.40. The van der Waals surface area contributed by atoms with E-state index in [4.69, 9.17) is 4.74 Å². The van der Waals surface area contributed by atoms with Crippen LogP contribution in [0, 0.1) is 20.2 Å². The monoisotopic (exact) mass is 703 g/mol. The molecule has 1 heterocycles. The van der Waals surface area contributed by atoms with Crippen LogP contribution in [0.15, 0.2) is 61.8 Å². The molecule has 1 N–H and O–H groups in total. The lowest BCUT2D eigenvalue weighted by atomic mass is 9.70. The first kappa shape index (κ1) is 29.6. The summed E-state index contributed by atoms with van der Waals surface area (Å²) in [6, 6.07) is 6.36. The fraction of sp³-hybridized carbons (Fsp3) is 0.321. The quantitative estimate of drug-likeness (QED) is 0.230. The number of ether oxygens (including phenoxy) is 1. The number of ketones is 2. The van der Waals surface area contributed by atoms with Gasteiger partial charge in [0, 0.05) is 63.9 Å². The predicted molar refractivity (Wildman–Crippen MR) is 155 cm³/mol. The van der Waals surface area contributed by atoms with Crippen LogP contribution in [0.25, 0.3) is 0 Å². The van der Waals surface area contributed by atoms with Gasteiger partial charge < -0.3 is 14.7 Å². The Bertz CT molecular complexity index is 1590. The van der Waals surface area contributed by atoms with Crippen LogP contribution < -0.4 is 4.74 Å². The van der Waals surface area contributed by atoms with Crippen LogP contribution in [0.5, 0.6) is 11.5 Å². The Hall–Kier alpha value is -3.91. The molecule has 5 rings (SSSR count). The number of nitro benzene ring substituents is 2. The summed E-state index contributed by atoms with van der Waals surface area (Å²) in [7, 11) is 0. The number of hydrogen-bond acceptors (Lipinski definition) is 9. The summed E-state index contributed by atoms with van der Waals surface area (Å²) in [6.07, 6.45) is 2.50. The molecule has 42 heavy (non-hydrogen) atoms. The molecule has 0 aromatic heterocycles. The largest absolute Gasteiger partial charge is 0.481 e. The minimum Gasteiger partial charge on any atom is -0.481 e. The number of benzene rings is 2. The number of aliphatic carboxylic acids is 1. The van der Waals surface area contributed by atoms with E-state index in [1.807, 2.05) is 4.90 Å². The summed E-state index contributed by atoms with van der Waals surface area (Å²) in [6.45, 7) is 0.112.